The molecule has 0 bridgehead atoms. The van der Waals surface area contributed by atoms with Gasteiger partial charge < -0.3 is 10.5 Å². The van der Waals surface area contributed by atoms with E-state index in [4.69, 9.17) is 5.73 Å². The van der Waals surface area contributed by atoms with Crippen molar-refractivity contribution in [3.8, 4) is 0 Å². The second kappa shape index (κ2) is 6.22. The summed E-state index contributed by atoms with van der Waals surface area (Å²) in [5.74, 6) is 0. The Morgan fingerprint density at radius 1 is 1.21 bits per heavy atom. The Morgan fingerprint density at radius 3 is 2.32 bits per heavy atom. The van der Waals surface area contributed by atoms with Crippen molar-refractivity contribution >= 4 is 15.7 Å². The van der Waals surface area contributed by atoms with E-state index in [0.29, 0.717) is 5.69 Å². The number of nitrogens with two attached hydrogens (primary N) is 1. The monoisotopic (exact) mass is 298 g/mol. The SMILES string of the molecule is Nc1ccc(S(=O)(=O)NCCOCC(F)(F)F)cc1. The van der Waals surface area contributed by atoms with Gasteiger partial charge in [0.05, 0.1) is 11.5 Å². The van der Waals surface area contributed by atoms with Crippen molar-refractivity contribution in [2.45, 2.75) is 11.1 Å². The number of benzene rings is 1. The van der Waals surface area contributed by atoms with E-state index in [1.54, 1.807) is 0 Å². The quantitative estimate of drug-likeness (QED) is 0.609. The summed E-state index contributed by atoms with van der Waals surface area (Å²) in [4.78, 5) is -0.0162. The highest BCUT2D eigenvalue weighted by atomic mass is 32.2. The standard InChI is InChI=1S/C10H13F3N2O3S/c11-10(12,13)7-18-6-5-15-19(16,17)9-3-1-8(14)2-4-9/h1-4,15H,5-7,14H2. The van der Waals surface area contributed by atoms with Crippen LogP contribution < -0.4 is 10.5 Å². The number of halogens is 3. The predicted octanol–water partition coefficient (Wildman–Crippen LogP) is 1.13. The lowest BCUT2D eigenvalue weighted by Crippen LogP contribution is -2.29. The molecular weight excluding hydrogens is 285 g/mol. The van der Waals surface area contributed by atoms with E-state index >= 15 is 0 Å². The third-order valence-corrected chi connectivity index (χ3v) is 3.47. The lowest BCUT2D eigenvalue weighted by atomic mass is 10.3. The zero-order chi connectivity index (χ0) is 14.5. The molecule has 3 N–H and O–H groups in total. The van der Waals surface area contributed by atoms with Crippen molar-refractivity contribution < 1.29 is 26.3 Å². The number of ether oxygens (including phenoxy) is 1. The molecule has 0 fully saturated rings. The van der Waals surface area contributed by atoms with Crippen LogP contribution in [0.5, 0.6) is 0 Å². The summed E-state index contributed by atoms with van der Waals surface area (Å²) in [5, 5.41) is 0. The van der Waals surface area contributed by atoms with Gasteiger partial charge in [-0.05, 0) is 24.3 Å². The van der Waals surface area contributed by atoms with Gasteiger partial charge in [0.1, 0.15) is 6.61 Å². The summed E-state index contributed by atoms with van der Waals surface area (Å²) in [5.41, 5.74) is 5.82. The van der Waals surface area contributed by atoms with Crippen LogP contribution in [0.25, 0.3) is 0 Å². The van der Waals surface area contributed by atoms with Crippen LogP contribution >= 0.6 is 0 Å². The van der Waals surface area contributed by atoms with Crippen LogP contribution in [0.4, 0.5) is 18.9 Å². The van der Waals surface area contributed by atoms with Crippen LogP contribution in [-0.2, 0) is 14.8 Å². The third-order valence-electron chi connectivity index (χ3n) is 1.99. The van der Waals surface area contributed by atoms with Gasteiger partial charge in [0.15, 0.2) is 0 Å². The number of nitrogen functional groups attached to an aromatic ring is 1. The zero-order valence-corrected chi connectivity index (χ0v) is 10.6. The second-order valence-corrected chi connectivity index (χ2v) is 5.40. The Hall–Kier alpha value is -1.32. The molecule has 0 aromatic heterocycles. The van der Waals surface area contributed by atoms with Gasteiger partial charge in [-0.3, -0.25) is 0 Å². The lowest BCUT2D eigenvalue weighted by Gasteiger charge is -2.09. The average molecular weight is 298 g/mol. The van der Waals surface area contributed by atoms with Gasteiger partial charge in [0.2, 0.25) is 10.0 Å². The molecule has 0 spiro atoms. The second-order valence-electron chi connectivity index (χ2n) is 3.63. The van der Waals surface area contributed by atoms with Crippen molar-refractivity contribution in [2.75, 3.05) is 25.5 Å². The van der Waals surface area contributed by atoms with Gasteiger partial charge in [-0.25, -0.2) is 13.1 Å². The number of sulfonamides is 1. The molecule has 0 aliphatic rings. The number of alkyl halides is 3. The molecule has 0 saturated heterocycles. The van der Waals surface area contributed by atoms with E-state index in [1.807, 2.05) is 0 Å². The minimum atomic E-state index is -4.42. The topological polar surface area (TPSA) is 81.4 Å². The Balaban J connectivity index is 2.42. The highest BCUT2D eigenvalue weighted by Crippen LogP contribution is 2.14. The molecule has 0 atom stereocenters. The number of anilines is 1. The van der Waals surface area contributed by atoms with Crippen LogP contribution in [0.3, 0.4) is 0 Å². The van der Waals surface area contributed by atoms with Gasteiger partial charge in [0, 0.05) is 12.2 Å². The maximum Gasteiger partial charge on any atom is 0.411 e. The molecule has 1 aromatic rings. The predicted molar refractivity (Wildman–Crippen MR) is 62.9 cm³/mol. The molecule has 1 aromatic carbocycles. The number of rotatable bonds is 6. The maximum atomic E-state index is 11.7. The Labute approximate surface area is 108 Å². The first-order valence-electron chi connectivity index (χ1n) is 5.20. The van der Waals surface area contributed by atoms with Crippen LogP contribution in [0.2, 0.25) is 0 Å². The fourth-order valence-corrected chi connectivity index (χ4v) is 2.18. The van der Waals surface area contributed by atoms with E-state index < -0.39 is 22.8 Å². The van der Waals surface area contributed by atoms with E-state index in [9.17, 15) is 21.6 Å². The molecule has 0 amide bonds. The van der Waals surface area contributed by atoms with Gasteiger partial charge in [-0.2, -0.15) is 13.2 Å². The summed E-state index contributed by atoms with van der Waals surface area (Å²) < 4.78 is 65.0. The van der Waals surface area contributed by atoms with E-state index in [2.05, 4.69) is 9.46 Å². The highest BCUT2D eigenvalue weighted by molar-refractivity contribution is 7.89. The Bertz CT molecular complexity index is 500. The van der Waals surface area contributed by atoms with Crippen LogP contribution in [0.1, 0.15) is 0 Å². The van der Waals surface area contributed by atoms with Crippen LogP contribution in [0.15, 0.2) is 29.2 Å². The largest absolute Gasteiger partial charge is 0.411 e. The molecule has 0 heterocycles. The molecule has 0 aliphatic heterocycles. The summed E-state index contributed by atoms with van der Waals surface area (Å²) >= 11 is 0. The highest BCUT2D eigenvalue weighted by Gasteiger charge is 2.27. The zero-order valence-electron chi connectivity index (χ0n) is 9.77. The third kappa shape index (κ3) is 5.90. The lowest BCUT2D eigenvalue weighted by molar-refractivity contribution is -0.173. The molecular formula is C10H13F3N2O3S. The van der Waals surface area contributed by atoms with Crippen molar-refractivity contribution in [1.82, 2.24) is 4.72 Å². The normalized spacial score (nSPS) is 12.6. The van der Waals surface area contributed by atoms with Crippen molar-refractivity contribution in [3.63, 3.8) is 0 Å². The number of nitrogens with one attached hydrogen (secondary N) is 1. The number of hydrogen-bond donors (Lipinski definition) is 2. The molecule has 9 heteroatoms. The fraction of sp³-hybridized carbons (Fsp3) is 0.400. The van der Waals surface area contributed by atoms with Crippen molar-refractivity contribution in [3.05, 3.63) is 24.3 Å². The van der Waals surface area contributed by atoms with Crippen LogP contribution in [0, 0.1) is 0 Å². The Morgan fingerprint density at radius 2 is 1.79 bits per heavy atom. The van der Waals surface area contributed by atoms with Gasteiger partial charge in [-0.15, -0.1) is 0 Å². The average Bonchev–Trinajstić information content (AvgIpc) is 2.27. The van der Waals surface area contributed by atoms with E-state index in [1.165, 1.54) is 24.3 Å². The fourth-order valence-electron chi connectivity index (χ4n) is 1.17. The summed E-state index contributed by atoms with van der Waals surface area (Å²) in [6.07, 6.45) is -4.42. The number of hydrogen-bond acceptors (Lipinski definition) is 4. The van der Waals surface area contributed by atoms with Gasteiger partial charge in [0.25, 0.3) is 0 Å². The summed E-state index contributed by atoms with van der Waals surface area (Å²) in [6, 6.07) is 5.42. The molecule has 0 aliphatic carbocycles. The smallest absolute Gasteiger partial charge is 0.399 e. The Kier molecular flexibility index (Phi) is 5.15. The summed E-state index contributed by atoms with van der Waals surface area (Å²) in [7, 11) is -3.76. The molecule has 19 heavy (non-hydrogen) atoms. The maximum absolute atomic E-state index is 11.7. The van der Waals surface area contributed by atoms with E-state index in [0.717, 1.165) is 0 Å². The van der Waals surface area contributed by atoms with Crippen molar-refractivity contribution in [2.24, 2.45) is 0 Å². The molecule has 108 valence electrons. The van der Waals surface area contributed by atoms with E-state index in [-0.39, 0.29) is 18.0 Å². The first-order valence-corrected chi connectivity index (χ1v) is 6.69. The molecule has 0 unspecified atom stereocenters. The molecule has 0 saturated carbocycles. The molecule has 0 radical (unpaired) electrons. The minimum Gasteiger partial charge on any atom is -0.399 e. The molecule has 5 nitrogen and oxygen atoms in total. The summed E-state index contributed by atoms with van der Waals surface area (Å²) in [6.45, 7) is -2.02. The van der Waals surface area contributed by atoms with Gasteiger partial charge >= 0.3 is 6.18 Å². The minimum absolute atomic E-state index is 0.0162. The molecule has 1 rings (SSSR count). The van der Waals surface area contributed by atoms with Crippen molar-refractivity contribution in [1.29, 1.82) is 0 Å². The first-order chi connectivity index (χ1) is 8.71. The van der Waals surface area contributed by atoms with Gasteiger partial charge in [-0.1, -0.05) is 0 Å². The first kappa shape index (κ1) is 15.7. The van der Waals surface area contributed by atoms with Crippen LogP contribution in [-0.4, -0.2) is 34.4 Å².